The van der Waals surface area contributed by atoms with Crippen LogP contribution >= 0.6 is 0 Å². The minimum Gasteiger partial charge on any atom is -0.467 e. The summed E-state index contributed by atoms with van der Waals surface area (Å²) in [5.74, 6) is -0.0483. The topological polar surface area (TPSA) is 75.4 Å². The van der Waals surface area contributed by atoms with E-state index in [1.807, 2.05) is 61.5 Å². The summed E-state index contributed by atoms with van der Waals surface area (Å²) < 4.78 is 5.53. The molecule has 6 nitrogen and oxygen atoms in total. The highest BCUT2D eigenvalue weighted by atomic mass is 16.3. The first-order valence-corrected chi connectivity index (χ1v) is 10.7. The van der Waals surface area contributed by atoms with Gasteiger partial charge in [-0.2, -0.15) is 0 Å². The fraction of sp³-hybridized carbons (Fsp3) is 0.148. The highest BCUT2D eigenvalue weighted by molar-refractivity contribution is 5.96. The molecule has 4 aromatic rings. The van der Waals surface area contributed by atoms with Crippen molar-refractivity contribution in [2.75, 3.05) is 0 Å². The van der Waals surface area contributed by atoms with Crippen molar-refractivity contribution in [3.05, 3.63) is 126 Å². The second-order valence-electron chi connectivity index (χ2n) is 7.69. The van der Waals surface area contributed by atoms with E-state index >= 15 is 0 Å². The largest absolute Gasteiger partial charge is 0.467 e. The van der Waals surface area contributed by atoms with Gasteiger partial charge in [-0.1, -0.05) is 60.7 Å². The Balaban J connectivity index is 1.72. The van der Waals surface area contributed by atoms with Gasteiger partial charge in [-0.05, 0) is 47.9 Å². The Morgan fingerprint density at radius 1 is 0.939 bits per heavy atom. The van der Waals surface area contributed by atoms with E-state index in [4.69, 9.17) is 4.42 Å². The van der Waals surface area contributed by atoms with E-state index in [9.17, 15) is 9.59 Å². The number of benzene rings is 2. The predicted octanol–water partition coefficient (Wildman–Crippen LogP) is 4.68. The van der Waals surface area contributed by atoms with Crippen LogP contribution < -0.4 is 5.32 Å². The van der Waals surface area contributed by atoms with E-state index in [1.165, 1.54) is 4.90 Å². The summed E-state index contributed by atoms with van der Waals surface area (Å²) in [5.41, 5.74) is 2.90. The molecule has 6 heteroatoms. The van der Waals surface area contributed by atoms with Crippen LogP contribution in [0.25, 0.3) is 0 Å². The molecular weight excluding hydrogens is 414 g/mol. The third-order valence-corrected chi connectivity index (χ3v) is 5.40. The predicted molar refractivity (Wildman–Crippen MR) is 125 cm³/mol. The SMILES string of the molecule is Cc1ccccc1[C@H](C(=O)NCc1ccccc1)N(Cc1ccco1)C(=O)c1ccccn1. The van der Waals surface area contributed by atoms with Gasteiger partial charge in [-0.15, -0.1) is 0 Å². The molecular formula is C27H25N3O3. The minimum absolute atomic E-state index is 0.125. The Bertz CT molecular complexity index is 1190. The number of carbonyl (C=O) groups is 2. The molecule has 1 atom stereocenters. The number of nitrogens with zero attached hydrogens (tertiary/aromatic N) is 2. The first-order chi connectivity index (χ1) is 16.1. The average molecular weight is 440 g/mol. The zero-order chi connectivity index (χ0) is 23.0. The molecule has 0 aliphatic carbocycles. The van der Waals surface area contributed by atoms with Crippen LogP contribution in [0.1, 0.15) is 39.0 Å². The number of furan rings is 1. The molecule has 0 saturated heterocycles. The van der Waals surface area contributed by atoms with Gasteiger partial charge >= 0.3 is 0 Å². The molecule has 0 fully saturated rings. The van der Waals surface area contributed by atoms with Crippen LogP contribution in [0.5, 0.6) is 0 Å². The molecule has 33 heavy (non-hydrogen) atoms. The molecule has 0 aliphatic heterocycles. The summed E-state index contributed by atoms with van der Waals surface area (Å²) in [4.78, 5) is 33.0. The zero-order valence-electron chi connectivity index (χ0n) is 18.3. The first-order valence-electron chi connectivity index (χ1n) is 10.7. The first kappa shape index (κ1) is 22.0. The van der Waals surface area contributed by atoms with Crippen molar-refractivity contribution in [1.82, 2.24) is 15.2 Å². The lowest BCUT2D eigenvalue weighted by atomic mass is 9.98. The van der Waals surface area contributed by atoms with Crippen molar-refractivity contribution in [3.63, 3.8) is 0 Å². The van der Waals surface area contributed by atoms with Gasteiger partial charge in [0.1, 0.15) is 17.5 Å². The second-order valence-corrected chi connectivity index (χ2v) is 7.69. The molecule has 4 rings (SSSR count). The Hall–Kier alpha value is -4.19. The molecule has 2 aromatic carbocycles. The van der Waals surface area contributed by atoms with Gasteiger partial charge in [-0.25, -0.2) is 0 Å². The van der Waals surface area contributed by atoms with Gasteiger partial charge in [0.05, 0.1) is 12.8 Å². The number of nitrogens with one attached hydrogen (secondary N) is 1. The quantitative estimate of drug-likeness (QED) is 0.432. The lowest BCUT2D eigenvalue weighted by Gasteiger charge is -2.31. The maximum absolute atomic E-state index is 13.6. The van der Waals surface area contributed by atoms with Crippen LogP contribution in [0.15, 0.2) is 102 Å². The van der Waals surface area contributed by atoms with Crippen LogP contribution in [-0.2, 0) is 17.9 Å². The molecule has 2 amide bonds. The van der Waals surface area contributed by atoms with Crippen molar-refractivity contribution >= 4 is 11.8 Å². The fourth-order valence-electron chi connectivity index (χ4n) is 3.71. The van der Waals surface area contributed by atoms with Crippen molar-refractivity contribution < 1.29 is 14.0 Å². The van der Waals surface area contributed by atoms with Gasteiger partial charge < -0.3 is 14.6 Å². The molecule has 0 aliphatic rings. The van der Waals surface area contributed by atoms with Crippen molar-refractivity contribution in [2.45, 2.75) is 26.1 Å². The molecule has 0 unspecified atom stereocenters. The molecule has 0 spiro atoms. The van der Waals surface area contributed by atoms with E-state index in [1.54, 1.807) is 42.8 Å². The highest BCUT2D eigenvalue weighted by Crippen LogP contribution is 2.28. The third kappa shape index (κ3) is 5.36. The smallest absolute Gasteiger partial charge is 0.273 e. The van der Waals surface area contributed by atoms with E-state index in [2.05, 4.69) is 10.3 Å². The summed E-state index contributed by atoms with van der Waals surface area (Å²) in [6.07, 6.45) is 3.12. The van der Waals surface area contributed by atoms with E-state index in [-0.39, 0.29) is 24.1 Å². The van der Waals surface area contributed by atoms with Crippen LogP contribution in [-0.4, -0.2) is 21.7 Å². The maximum atomic E-state index is 13.6. The Morgan fingerprint density at radius 3 is 2.39 bits per heavy atom. The van der Waals surface area contributed by atoms with E-state index in [0.717, 1.165) is 16.7 Å². The molecule has 2 heterocycles. The summed E-state index contributed by atoms with van der Waals surface area (Å²) in [7, 11) is 0. The number of hydrogen-bond donors (Lipinski definition) is 1. The van der Waals surface area contributed by atoms with Crippen LogP contribution in [0.4, 0.5) is 0 Å². The second kappa shape index (κ2) is 10.4. The molecule has 166 valence electrons. The summed E-state index contributed by atoms with van der Waals surface area (Å²) >= 11 is 0. The van der Waals surface area contributed by atoms with Gasteiger partial charge in [0, 0.05) is 12.7 Å². The molecule has 0 radical (unpaired) electrons. The standard InChI is InChI=1S/C27H25N3O3/c1-20-10-5-6-14-23(20)25(26(31)29-18-21-11-3-2-4-12-21)30(19-22-13-9-17-33-22)27(32)24-15-7-8-16-28-24/h2-17,25H,18-19H2,1H3,(H,29,31)/t25-/m1/s1. The number of amides is 2. The number of rotatable bonds is 8. The lowest BCUT2D eigenvalue weighted by Crippen LogP contribution is -2.43. The van der Waals surface area contributed by atoms with Gasteiger partial charge in [0.2, 0.25) is 5.91 Å². The number of carbonyl (C=O) groups excluding carboxylic acids is 2. The van der Waals surface area contributed by atoms with Crippen molar-refractivity contribution in [3.8, 4) is 0 Å². The maximum Gasteiger partial charge on any atom is 0.273 e. The Labute approximate surface area is 192 Å². The number of pyridine rings is 1. The van der Waals surface area contributed by atoms with E-state index in [0.29, 0.717) is 12.3 Å². The summed E-state index contributed by atoms with van der Waals surface area (Å²) in [6, 6.07) is 25.1. The lowest BCUT2D eigenvalue weighted by molar-refractivity contribution is -0.126. The van der Waals surface area contributed by atoms with E-state index < -0.39 is 6.04 Å². The molecule has 1 N–H and O–H groups in total. The summed E-state index contributed by atoms with van der Waals surface area (Å²) in [5, 5.41) is 3.01. The van der Waals surface area contributed by atoms with Gasteiger partial charge in [-0.3, -0.25) is 14.6 Å². The zero-order valence-corrected chi connectivity index (χ0v) is 18.3. The number of aryl methyl sites for hydroxylation is 1. The van der Waals surface area contributed by atoms with Gasteiger partial charge in [0.15, 0.2) is 0 Å². The molecule has 0 bridgehead atoms. The number of hydrogen-bond acceptors (Lipinski definition) is 4. The average Bonchev–Trinajstić information content (AvgIpc) is 3.37. The Morgan fingerprint density at radius 2 is 1.70 bits per heavy atom. The van der Waals surface area contributed by atoms with Crippen molar-refractivity contribution in [1.29, 1.82) is 0 Å². The summed E-state index contributed by atoms with van der Waals surface area (Å²) in [6.45, 7) is 2.41. The normalized spacial score (nSPS) is 11.5. The number of aromatic nitrogens is 1. The van der Waals surface area contributed by atoms with Gasteiger partial charge in [0.25, 0.3) is 5.91 Å². The monoisotopic (exact) mass is 439 g/mol. The van der Waals surface area contributed by atoms with Crippen LogP contribution in [0.3, 0.4) is 0 Å². The Kier molecular flexibility index (Phi) is 6.95. The third-order valence-electron chi connectivity index (χ3n) is 5.40. The van der Waals surface area contributed by atoms with Crippen LogP contribution in [0, 0.1) is 6.92 Å². The molecule has 2 aromatic heterocycles. The fourth-order valence-corrected chi connectivity index (χ4v) is 3.71. The minimum atomic E-state index is -0.866. The molecule has 0 saturated carbocycles. The van der Waals surface area contributed by atoms with Crippen molar-refractivity contribution in [2.24, 2.45) is 0 Å². The highest BCUT2D eigenvalue weighted by Gasteiger charge is 2.34. The van der Waals surface area contributed by atoms with Crippen LogP contribution in [0.2, 0.25) is 0 Å².